The lowest BCUT2D eigenvalue weighted by Crippen LogP contribution is -2.15. The van der Waals surface area contributed by atoms with Crippen LogP contribution in [0.4, 0.5) is 11.4 Å². The van der Waals surface area contributed by atoms with Crippen LogP contribution in [0.5, 0.6) is 0 Å². The van der Waals surface area contributed by atoms with E-state index in [4.69, 9.17) is 4.74 Å². The van der Waals surface area contributed by atoms with Gasteiger partial charge in [-0.2, -0.15) is 0 Å². The minimum absolute atomic E-state index is 0.162. The Morgan fingerprint density at radius 1 is 0.909 bits per heavy atom. The van der Waals surface area contributed by atoms with Crippen LogP contribution in [0.1, 0.15) is 51.5 Å². The van der Waals surface area contributed by atoms with Gasteiger partial charge in [0.25, 0.3) is 15.9 Å². The summed E-state index contributed by atoms with van der Waals surface area (Å²) in [4.78, 5) is 28.2. The zero-order valence-corrected chi connectivity index (χ0v) is 20.0. The maximum atomic E-state index is 12.8. The van der Waals surface area contributed by atoms with Gasteiger partial charge in [0.1, 0.15) is 5.69 Å². The highest BCUT2D eigenvalue weighted by Crippen LogP contribution is 2.22. The minimum atomic E-state index is -3.72. The molecule has 0 aliphatic carbocycles. The average Bonchev–Trinajstić information content (AvgIpc) is 3.03. The van der Waals surface area contributed by atoms with Crippen molar-refractivity contribution in [3.8, 4) is 0 Å². The lowest BCUT2D eigenvalue weighted by atomic mass is 10.1. The molecule has 0 saturated carbocycles. The van der Waals surface area contributed by atoms with Gasteiger partial charge in [-0.15, -0.1) is 0 Å². The third kappa shape index (κ3) is 5.61. The molecule has 0 bridgehead atoms. The molecule has 0 fully saturated rings. The second-order valence-electron chi connectivity index (χ2n) is 8.03. The van der Waals surface area contributed by atoms with Gasteiger partial charge < -0.3 is 15.0 Å². The van der Waals surface area contributed by atoms with Crippen LogP contribution in [-0.2, 0) is 14.8 Å². The molecule has 3 aromatic rings. The summed E-state index contributed by atoms with van der Waals surface area (Å²) in [7, 11) is -3.72. The molecule has 2 aromatic carbocycles. The summed E-state index contributed by atoms with van der Waals surface area (Å²) in [6, 6.07) is 12.8. The summed E-state index contributed by atoms with van der Waals surface area (Å²) in [5.41, 5.74) is 3.44. The van der Waals surface area contributed by atoms with E-state index in [2.05, 4.69) is 15.0 Å². The standard InChI is InChI=1S/C24H27N3O5S/c1-14(2)32-24(29)21-16(4)22(25-17(21)5)23(28)26-18-8-10-19(11-9-18)27-33(30,31)20-12-6-15(3)7-13-20/h6-14,25,27H,1-5H3,(H,26,28). The van der Waals surface area contributed by atoms with Crippen molar-refractivity contribution in [3.63, 3.8) is 0 Å². The topological polar surface area (TPSA) is 117 Å². The van der Waals surface area contributed by atoms with Crippen molar-refractivity contribution in [1.82, 2.24) is 4.98 Å². The maximum absolute atomic E-state index is 12.8. The molecule has 3 rings (SSSR count). The van der Waals surface area contributed by atoms with Gasteiger partial charge in [-0.1, -0.05) is 17.7 Å². The number of amides is 1. The molecular weight excluding hydrogens is 442 g/mol. The Bertz CT molecular complexity index is 1270. The Hall–Kier alpha value is -3.59. The number of nitrogens with one attached hydrogen (secondary N) is 3. The Kier molecular flexibility index (Phi) is 6.92. The highest BCUT2D eigenvalue weighted by Gasteiger charge is 2.23. The molecule has 0 aliphatic rings. The van der Waals surface area contributed by atoms with Gasteiger partial charge in [0.15, 0.2) is 0 Å². The van der Waals surface area contributed by atoms with Crippen molar-refractivity contribution in [1.29, 1.82) is 0 Å². The van der Waals surface area contributed by atoms with Gasteiger partial charge in [0.05, 0.1) is 16.6 Å². The second-order valence-corrected chi connectivity index (χ2v) is 9.71. The van der Waals surface area contributed by atoms with Crippen LogP contribution in [0.15, 0.2) is 53.4 Å². The Balaban J connectivity index is 1.72. The van der Waals surface area contributed by atoms with Gasteiger partial charge in [0, 0.05) is 17.1 Å². The number of esters is 1. The van der Waals surface area contributed by atoms with Crippen LogP contribution in [0.2, 0.25) is 0 Å². The molecule has 1 amide bonds. The monoisotopic (exact) mass is 469 g/mol. The van der Waals surface area contributed by atoms with E-state index in [1.807, 2.05) is 6.92 Å². The molecule has 174 valence electrons. The summed E-state index contributed by atoms with van der Waals surface area (Å²) in [5, 5.41) is 2.75. The van der Waals surface area contributed by atoms with Crippen LogP contribution in [0.25, 0.3) is 0 Å². The number of aromatic nitrogens is 1. The van der Waals surface area contributed by atoms with E-state index in [1.165, 1.54) is 12.1 Å². The van der Waals surface area contributed by atoms with Crippen LogP contribution in [0.3, 0.4) is 0 Å². The molecule has 0 atom stereocenters. The largest absolute Gasteiger partial charge is 0.459 e. The Morgan fingerprint density at radius 3 is 2.06 bits per heavy atom. The first-order valence-electron chi connectivity index (χ1n) is 10.4. The third-order valence-electron chi connectivity index (χ3n) is 4.94. The van der Waals surface area contributed by atoms with Gasteiger partial charge in [0.2, 0.25) is 0 Å². The Morgan fingerprint density at radius 2 is 1.48 bits per heavy atom. The van der Waals surface area contributed by atoms with Gasteiger partial charge in [-0.3, -0.25) is 9.52 Å². The number of H-pyrrole nitrogens is 1. The zero-order chi connectivity index (χ0) is 24.3. The number of rotatable bonds is 7. The smallest absolute Gasteiger partial charge is 0.340 e. The number of ether oxygens (including phenoxy) is 1. The van der Waals surface area contributed by atoms with E-state index in [-0.39, 0.29) is 16.7 Å². The second kappa shape index (κ2) is 9.50. The summed E-state index contributed by atoms with van der Waals surface area (Å²) >= 11 is 0. The SMILES string of the molecule is Cc1ccc(S(=O)(=O)Nc2ccc(NC(=O)c3[nH]c(C)c(C(=O)OC(C)C)c3C)cc2)cc1. The van der Waals surface area contributed by atoms with E-state index >= 15 is 0 Å². The number of carbonyl (C=O) groups excluding carboxylic acids is 2. The van der Waals surface area contributed by atoms with Crippen molar-refractivity contribution in [2.24, 2.45) is 0 Å². The van der Waals surface area contributed by atoms with Crippen molar-refractivity contribution < 1.29 is 22.7 Å². The summed E-state index contributed by atoms with van der Waals surface area (Å²) in [5.74, 6) is -0.910. The molecule has 0 radical (unpaired) electrons. The number of carbonyl (C=O) groups is 2. The zero-order valence-electron chi connectivity index (χ0n) is 19.1. The van der Waals surface area contributed by atoms with Crippen LogP contribution in [0, 0.1) is 20.8 Å². The number of anilines is 2. The molecule has 1 heterocycles. The first-order chi connectivity index (χ1) is 15.5. The maximum Gasteiger partial charge on any atom is 0.340 e. The number of hydrogen-bond acceptors (Lipinski definition) is 5. The minimum Gasteiger partial charge on any atom is -0.459 e. The predicted molar refractivity (Wildman–Crippen MR) is 127 cm³/mol. The average molecular weight is 470 g/mol. The normalized spacial score (nSPS) is 11.3. The molecule has 0 spiro atoms. The number of sulfonamides is 1. The lowest BCUT2D eigenvalue weighted by Gasteiger charge is -2.10. The summed E-state index contributed by atoms with van der Waals surface area (Å²) < 4.78 is 32.8. The number of benzene rings is 2. The van der Waals surface area contributed by atoms with Gasteiger partial charge >= 0.3 is 5.97 Å². The molecule has 3 N–H and O–H groups in total. The fourth-order valence-corrected chi connectivity index (χ4v) is 4.36. The fourth-order valence-electron chi connectivity index (χ4n) is 3.30. The van der Waals surface area contributed by atoms with E-state index in [1.54, 1.807) is 64.1 Å². The third-order valence-corrected chi connectivity index (χ3v) is 6.33. The van der Waals surface area contributed by atoms with Crippen LogP contribution in [-0.4, -0.2) is 31.4 Å². The van der Waals surface area contributed by atoms with Gasteiger partial charge in [-0.25, -0.2) is 13.2 Å². The molecule has 0 aliphatic heterocycles. The van der Waals surface area contributed by atoms with Crippen molar-refractivity contribution in [2.75, 3.05) is 10.0 Å². The Labute approximate surface area is 193 Å². The molecule has 0 unspecified atom stereocenters. The molecular formula is C24H27N3O5S. The molecule has 1 aromatic heterocycles. The summed E-state index contributed by atoms with van der Waals surface area (Å²) in [6.45, 7) is 8.78. The molecule has 0 saturated heterocycles. The van der Waals surface area contributed by atoms with Crippen molar-refractivity contribution in [2.45, 2.75) is 45.6 Å². The number of aromatic amines is 1. The highest BCUT2D eigenvalue weighted by atomic mass is 32.2. The fraction of sp³-hybridized carbons (Fsp3) is 0.250. The summed E-state index contributed by atoms with van der Waals surface area (Å²) in [6.07, 6.45) is -0.273. The molecule has 8 nitrogen and oxygen atoms in total. The highest BCUT2D eigenvalue weighted by molar-refractivity contribution is 7.92. The predicted octanol–water partition coefficient (Wildman–Crippen LogP) is 4.56. The first-order valence-corrected chi connectivity index (χ1v) is 11.9. The van der Waals surface area contributed by atoms with Crippen molar-refractivity contribution >= 4 is 33.3 Å². The van der Waals surface area contributed by atoms with E-state index in [9.17, 15) is 18.0 Å². The number of aryl methyl sites for hydroxylation is 2. The van der Waals surface area contributed by atoms with E-state index < -0.39 is 21.9 Å². The molecule has 9 heteroatoms. The molecule has 33 heavy (non-hydrogen) atoms. The van der Waals surface area contributed by atoms with Crippen LogP contribution < -0.4 is 10.0 Å². The van der Waals surface area contributed by atoms with E-state index in [0.717, 1.165) is 5.56 Å². The number of hydrogen-bond donors (Lipinski definition) is 3. The quantitative estimate of drug-likeness (QED) is 0.439. The van der Waals surface area contributed by atoms with Gasteiger partial charge in [-0.05, 0) is 76.6 Å². The van der Waals surface area contributed by atoms with Crippen molar-refractivity contribution in [3.05, 3.63) is 76.6 Å². The van der Waals surface area contributed by atoms with Crippen LogP contribution >= 0.6 is 0 Å². The first kappa shape index (κ1) is 24.1. The lowest BCUT2D eigenvalue weighted by molar-refractivity contribution is 0.0376. The van der Waals surface area contributed by atoms with E-state index in [0.29, 0.717) is 28.2 Å².